The highest BCUT2D eigenvalue weighted by molar-refractivity contribution is 6.09. The maximum Gasteiger partial charge on any atom is 0.337 e. The Bertz CT molecular complexity index is 1220. The highest BCUT2D eigenvalue weighted by Gasteiger charge is 2.13. The number of carbonyl (C=O) groups excluding carboxylic acids is 2. The molecule has 3 rings (SSSR count). The number of carbonyl (C=O) groups is 3. The Hall–Kier alpha value is -4.64. The summed E-state index contributed by atoms with van der Waals surface area (Å²) < 4.78 is 10.3. The molecule has 1 aromatic heterocycles. The Labute approximate surface area is 177 Å². The lowest BCUT2D eigenvalue weighted by molar-refractivity contribution is -0.112. The van der Waals surface area contributed by atoms with Gasteiger partial charge in [-0.3, -0.25) is 4.79 Å². The van der Waals surface area contributed by atoms with Crippen LogP contribution >= 0.6 is 0 Å². The molecule has 0 aliphatic carbocycles. The van der Waals surface area contributed by atoms with Crippen molar-refractivity contribution in [3.05, 3.63) is 83.1 Å². The number of benzene rings is 2. The number of anilines is 1. The topological polar surface area (TPSA) is 130 Å². The second kappa shape index (κ2) is 9.24. The molecule has 8 nitrogen and oxygen atoms in total. The Morgan fingerprint density at radius 1 is 1.06 bits per heavy atom. The fourth-order valence-corrected chi connectivity index (χ4v) is 2.69. The molecule has 31 heavy (non-hydrogen) atoms. The maximum absolute atomic E-state index is 12.4. The minimum absolute atomic E-state index is 0.112. The van der Waals surface area contributed by atoms with Gasteiger partial charge in [0.05, 0.1) is 18.2 Å². The Kier molecular flexibility index (Phi) is 6.28. The van der Waals surface area contributed by atoms with Gasteiger partial charge in [-0.15, -0.1) is 0 Å². The van der Waals surface area contributed by atoms with Crippen LogP contribution in [0.5, 0.6) is 0 Å². The summed E-state index contributed by atoms with van der Waals surface area (Å²) in [6, 6.07) is 17.2. The van der Waals surface area contributed by atoms with Gasteiger partial charge in [-0.2, -0.15) is 5.26 Å². The molecule has 0 bridgehead atoms. The van der Waals surface area contributed by atoms with Crippen molar-refractivity contribution in [2.24, 2.45) is 0 Å². The molecule has 154 valence electrons. The van der Waals surface area contributed by atoms with E-state index >= 15 is 0 Å². The average Bonchev–Trinajstić information content (AvgIpc) is 3.26. The van der Waals surface area contributed by atoms with E-state index in [9.17, 15) is 19.6 Å². The van der Waals surface area contributed by atoms with Crippen LogP contribution in [0.3, 0.4) is 0 Å². The van der Waals surface area contributed by atoms with Crippen LogP contribution in [0.15, 0.2) is 70.7 Å². The number of methoxy groups -OCH3 is 1. The number of nitriles is 1. The lowest BCUT2D eigenvalue weighted by Crippen LogP contribution is -2.13. The van der Waals surface area contributed by atoms with Gasteiger partial charge in [0, 0.05) is 17.3 Å². The van der Waals surface area contributed by atoms with Crippen LogP contribution in [0.1, 0.15) is 26.5 Å². The molecule has 0 aliphatic rings. The van der Waals surface area contributed by atoms with E-state index < -0.39 is 17.8 Å². The molecule has 0 saturated heterocycles. The quantitative estimate of drug-likeness (QED) is 0.353. The molecule has 1 amide bonds. The van der Waals surface area contributed by atoms with E-state index in [0.717, 1.165) is 0 Å². The van der Waals surface area contributed by atoms with Gasteiger partial charge in [-0.05, 0) is 48.5 Å². The number of amides is 1. The minimum atomic E-state index is -1.06. The van der Waals surface area contributed by atoms with Crippen LogP contribution in [0.25, 0.3) is 17.4 Å². The number of rotatable bonds is 6. The summed E-state index contributed by atoms with van der Waals surface area (Å²) in [6.45, 7) is 0. The second-order valence-corrected chi connectivity index (χ2v) is 6.28. The predicted molar refractivity (Wildman–Crippen MR) is 111 cm³/mol. The van der Waals surface area contributed by atoms with Gasteiger partial charge in [0.15, 0.2) is 0 Å². The van der Waals surface area contributed by atoms with Crippen LogP contribution in [0, 0.1) is 11.3 Å². The molecule has 0 spiro atoms. The molecular weight excluding hydrogens is 400 g/mol. The lowest BCUT2D eigenvalue weighted by Gasteiger charge is -2.05. The maximum atomic E-state index is 12.4. The molecule has 1 heterocycles. The molecule has 8 heteroatoms. The number of esters is 1. The lowest BCUT2D eigenvalue weighted by atomic mass is 10.1. The third-order valence-electron chi connectivity index (χ3n) is 4.24. The van der Waals surface area contributed by atoms with E-state index in [-0.39, 0.29) is 16.9 Å². The Morgan fingerprint density at radius 3 is 2.45 bits per heavy atom. The molecule has 0 aliphatic heterocycles. The summed E-state index contributed by atoms with van der Waals surface area (Å²) >= 11 is 0. The van der Waals surface area contributed by atoms with Crippen LogP contribution < -0.4 is 5.32 Å². The summed E-state index contributed by atoms with van der Waals surface area (Å²) in [5, 5.41) is 21.0. The number of aromatic carboxylic acids is 1. The molecular formula is C23H16N2O6. The van der Waals surface area contributed by atoms with Crippen LogP contribution in [-0.2, 0) is 9.53 Å². The van der Waals surface area contributed by atoms with Gasteiger partial charge in [0.1, 0.15) is 23.2 Å². The number of nitrogens with zero attached hydrogens (tertiary/aromatic N) is 1. The second-order valence-electron chi connectivity index (χ2n) is 6.28. The van der Waals surface area contributed by atoms with Crippen LogP contribution in [-0.4, -0.2) is 30.1 Å². The summed E-state index contributed by atoms with van der Waals surface area (Å²) in [5.74, 6) is -1.57. The number of hydrogen-bond acceptors (Lipinski definition) is 6. The normalized spacial score (nSPS) is 10.8. The van der Waals surface area contributed by atoms with E-state index in [1.54, 1.807) is 24.3 Å². The van der Waals surface area contributed by atoms with Crippen molar-refractivity contribution in [1.29, 1.82) is 5.26 Å². The molecule has 2 N–H and O–H groups in total. The first-order valence-corrected chi connectivity index (χ1v) is 8.96. The number of carboxylic acids is 1. The highest BCUT2D eigenvalue weighted by Crippen LogP contribution is 2.24. The molecule has 3 aromatic rings. The van der Waals surface area contributed by atoms with Crippen LogP contribution in [0.2, 0.25) is 0 Å². The summed E-state index contributed by atoms with van der Waals surface area (Å²) in [5.41, 5.74) is 1.18. The van der Waals surface area contributed by atoms with E-state index in [2.05, 4.69) is 10.1 Å². The van der Waals surface area contributed by atoms with E-state index in [0.29, 0.717) is 22.6 Å². The molecule has 0 fully saturated rings. The third-order valence-corrected chi connectivity index (χ3v) is 4.24. The van der Waals surface area contributed by atoms with Crippen molar-refractivity contribution in [2.45, 2.75) is 0 Å². The SMILES string of the molecule is COC(=O)c1ccc(NC(=O)/C(C#N)=C/c2ccc(-c3cccc(C(=O)O)c3)o2)cc1. The molecule has 2 aromatic carbocycles. The fourth-order valence-electron chi connectivity index (χ4n) is 2.69. The monoisotopic (exact) mass is 416 g/mol. The van der Waals surface area contributed by atoms with Crippen molar-refractivity contribution < 1.29 is 28.6 Å². The van der Waals surface area contributed by atoms with Gasteiger partial charge in [-0.1, -0.05) is 12.1 Å². The first-order valence-electron chi connectivity index (χ1n) is 8.96. The molecule has 0 saturated carbocycles. The summed E-state index contributed by atoms with van der Waals surface area (Å²) in [7, 11) is 1.27. The summed E-state index contributed by atoms with van der Waals surface area (Å²) in [6.07, 6.45) is 1.28. The van der Waals surface area contributed by atoms with Gasteiger partial charge in [-0.25, -0.2) is 9.59 Å². The number of nitrogens with one attached hydrogen (secondary N) is 1. The molecule has 0 radical (unpaired) electrons. The standard InChI is InChI=1S/C23H16N2O6/c1-30-23(29)14-5-7-18(8-6-14)25-21(26)17(13-24)12-19-9-10-20(31-19)15-3-2-4-16(11-15)22(27)28/h2-12H,1H3,(H,25,26)(H,27,28)/b17-12+. The zero-order valence-corrected chi connectivity index (χ0v) is 16.3. The first-order chi connectivity index (χ1) is 14.9. The fraction of sp³-hybridized carbons (Fsp3) is 0.0435. The third kappa shape index (κ3) is 5.05. The number of ether oxygens (including phenoxy) is 1. The predicted octanol–water partition coefficient (Wildman–Crippen LogP) is 3.98. The molecule has 0 unspecified atom stereocenters. The van der Waals surface area contributed by atoms with Gasteiger partial charge in [0.25, 0.3) is 5.91 Å². The number of carboxylic acid groups (broad SMARTS) is 1. The van der Waals surface area contributed by atoms with Gasteiger partial charge < -0.3 is 19.6 Å². The average molecular weight is 416 g/mol. The smallest absolute Gasteiger partial charge is 0.337 e. The highest BCUT2D eigenvalue weighted by atomic mass is 16.5. The molecule has 0 atom stereocenters. The summed E-state index contributed by atoms with van der Waals surface area (Å²) in [4.78, 5) is 35.0. The Balaban J connectivity index is 1.77. The van der Waals surface area contributed by atoms with Crippen molar-refractivity contribution in [2.75, 3.05) is 12.4 Å². The Morgan fingerprint density at radius 2 is 1.81 bits per heavy atom. The van der Waals surface area contributed by atoms with Gasteiger partial charge in [0.2, 0.25) is 0 Å². The zero-order chi connectivity index (χ0) is 22.4. The van der Waals surface area contributed by atoms with Crippen LogP contribution in [0.4, 0.5) is 5.69 Å². The van der Waals surface area contributed by atoms with E-state index in [1.807, 2.05) is 6.07 Å². The first kappa shape index (κ1) is 21.1. The van der Waals surface area contributed by atoms with Crippen molar-refractivity contribution in [3.8, 4) is 17.4 Å². The zero-order valence-electron chi connectivity index (χ0n) is 16.3. The van der Waals surface area contributed by atoms with Crippen molar-refractivity contribution in [1.82, 2.24) is 0 Å². The number of hydrogen-bond donors (Lipinski definition) is 2. The largest absolute Gasteiger partial charge is 0.478 e. The van der Waals surface area contributed by atoms with E-state index in [1.165, 1.54) is 49.6 Å². The number of furan rings is 1. The van der Waals surface area contributed by atoms with E-state index in [4.69, 9.17) is 9.52 Å². The minimum Gasteiger partial charge on any atom is -0.478 e. The van der Waals surface area contributed by atoms with Gasteiger partial charge >= 0.3 is 11.9 Å². The van der Waals surface area contributed by atoms with Crippen molar-refractivity contribution >= 4 is 29.6 Å². The van der Waals surface area contributed by atoms with Crippen molar-refractivity contribution in [3.63, 3.8) is 0 Å².